The van der Waals surface area contributed by atoms with Crippen LogP contribution in [0.1, 0.15) is 21.7 Å². The third-order valence-electron chi connectivity index (χ3n) is 4.18. The molecule has 0 bridgehead atoms. The van der Waals surface area contributed by atoms with E-state index in [0.717, 1.165) is 11.3 Å². The van der Waals surface area contributed by atoms with Crippen LogP contribution in [0.2, 0.25) is 0 Å². The number of fused-ring (bicyclic) bond motifs is 1. The van der Waals surface area contributed by atoms with Gasteiger partial charge in [-0.05, 0) is 24.3 Å². The van der Waals surface area contributed by atoms with E-state index < -0.39 is 0 Å². The second-order valence-corrected chi connectivity index (χ2v) is 5.57. The average Bonchev–Trinajstić information content (AvgIpc) is 3.24. The van der Waals surface area contributed by atoms with Gasteiger partial charge in [-0.25, -0.2) is 4.39 Å². The maximum Gasteiger partial charge on any atom is 0.270 e. The van der Waals surface area contributed by atoms with Crippen molar-refractivity contribution < 1.29 is 9.18 Å². The van der Waals surface area contributed by atoms with Crippen LogP contribution in [0.15, 0.2) is 42.6 Å². The quantitative estimate of drug-likeness (QED) is 0.764. The van der Waals surface area contributed by atoms with Gasteiger partial charge in [-0.1, -0.05) is 12.1 Å². The zero-order chi connectivity index (χ0) is 15.8. The number of carbonyl (C=O) groups is 1. The molecule has 0 saturated heterocycles. The molecular formula is C17H15FN4O. The lowest BCUT2D eigenvalue weighted by Crippen LogP contribution is -2.36. The molecule has 3 aromatic rings. The monoisotopic (exact) mass is 310 g/mol. The maximum absolute atomic E-state index is 14.1. The number of nitrogens with one attached hydrogen (secondary N) is 2. The number of nitrogens with zero attached hydrogens (tertiary/aromatic N) is 2. The van der Waals surface area contributed by atoms with Gasteiger partial charge < -0.3 is 9.88 Å². The van der Waals surface area contributed by atoms with Gasteiger partial charge in [0.1, 0.15) is 17.2 Å². The van der Waals surface area contributed by atoms with E-state index in [4.69, 9.17) is 0 Å². The van der Waals surface area contributed by atoms with Crippen molar-refractivity contribution >= 4 is 5.91 Å². The van der Waals surface area contributed by atoms with Crippen molar-refractivity contribution in [2.75, 3.05) is 6.54 Å². The number of hydrogen-bond donors (Lipinski definition) is 2. The minimum atomic E-state index is -0.311. The third kappa shape index (κ3) is 2.32. The molecule has 6 heteroatoms. The molecule has 3 heterocycles. The molecule has 5 nitrogen and oxygen atoms in total. The summed E-state index contributed by atoms with van der Waals surface area (Å²) in [6.45, 7) is 1.04. The average molecular weight is 310 g/mol. The van der Waals surface area contributed by atoms with Gasteiger partial charge in [-0.3, -0.25) is 9.89 Å². The van der Waals surface area contributed by atoms with Crippen molar-refractivity contribution in [3.05, 3.63) is 65.4 Å². The molecule has 0 atom stereocenters. The minimum absolute atomic E-state index is 0.0543. The first-order valence-electron chi connectivity index (χ1n) is 7.47. The predicted molar refractivity (Wildman–Crippen MR) is 83.2 cm³/mol. The zero-order valence-corrected chi connectivity index (χ0v) is 12.3. The molecule has 0 radical (unpaired) electrons. The highest BCUT2D eigenvalue weighted by Gasteiger charge is 2.27. The van der Waals surface area contributed by atoms with Crippen LogP contribution >= 0.6 is 0 Å². The van der Waals surface area contributed by atoms with E-state index in [1.807, 2.05) is 0 Å². The number of halogens is 1. The molecule has 0 saturated carbocycles. The van der Waals surface area contributed by atoms with Gasteiger partial charge in [0.15, 0.2) is 0 Å². The summed E-state index contributed by atoms with van der Waals surface area (Å²) in [6.07, 6.45) is 2.41. The standard InChI is InChI=1S/C17H15FN4O/c18-13-5-2-1-4-11(13)16-12-10-22(9-7-14(12)20-21-16)17(23)15-6-3-8-19-15/h1-6,8,19H,7,9-10H2,(H,20,21). The Morgan fingerprint density at radius 1 is 1.22 bits per heavy atom. The van der Waals surface area contributed by atoms with Crippen molar-refractivity contribution in [2.24, 2.45) is 0 Å². The highest BCUT2D eigenvalue weighted by molar-refractivity contribution is 5.92. The highest BCUT2D eigenvalue weighted by Crippen LogP contribution is 2.30. The fourth-order valence-electron chi connectivity index (χ4n) is 2.98. The first-order valence-corrected chi connectivity index (χ1v) is 7.47. The van der Waals surface area contributed by atoms with E-state index in [1.165, 1.54) is 6.07 Å². The van der Waals surface area contributed by atoms with Gasteiger partial charge in [-0.15, -0.1) is 0 Å². The van der Waals surface area contributed by atoms with Crippen molar-refractivity contribution in [1.29, 1.82) is 0 Å². The maximum atomic E-state index is 14.1. The molecule has 1 aliphatic heterocycles. The molecule has 23 heavy (non-hydrogen) atoms. The van der Waals surface area contributed by atoms with Gasteiger partial charge >= 0.3 is 0 Å². The summed E-state index contributed by atoms with van der Waals surface area (Å²) in [6, 6.07) is 10.1. The molecule has 0 fully saturated rings. The molecule has 0 aliphatic carbocycles. The zero-order valence-electron chi connectivity index (χ0n) is 12.3. The number of H-pyrrole nitrogens is 2. The Morgan fingerprint density at radius 2 is 2.09 bits per heavy atom. The first kappa shape index (κ1) is 13.8. The molecule has 1 aromatic carbocycles. The number of rotatable bonds is 2. The van der Waals surface area contributed by atoms with Crippen LogP contribution in [0.5, 0.6) is 0 Å². The minimum Gasteiger partial charge on any atom is -0.357 e. The SMILES string of the molecule is O=C(c1ccc[nH]1)N1CCc2[nH]nc(-c3ccccc3F)c2C1. The Hall–Kier alpha value is -2.89. The van der Waals surface area contributed by atoms with Crippen LogP contribution in [-0.4, -0.2) is 32.5 Å². The molecule has 0 unspecified atom stereocenters. The highest BCUT2D eigenvalue weighted by atomic mass is 19.1. The Morgan fingerprint density at radius 3 is 2.87 bits per heavy atom. The smallest absolute Gasteiger partial charge is 0.270 e. The molecule has 2 aromatic heterocycles. The molecule has 2 N–H and O–H groups in total. The van der Waals surface area contributed by atoms with E-state index in [9.17, 15) is 9.18 Å². The topological polar surface area (TPSA) is 64.8 Å². The van der Waals surface area contributed by atoms with Crippen LogP contribution in [0.25, 0.3) is 11.3 Å². The molecule has 1 amide bonds. The van der Waals surface area contributed by atoms with E-state index in [1.54, 1.807) is 41.4 Å². The summed E-state index contributed by atoms with van der Waals surface area (Å²) in [5, 5.41) is 7.26. The summed E-state index contributed by atoms with van der Waals surface area (Å²) >= 11 is 0. The summed E-state index contributed by atoms with van der Waals surface area (Å²) in [5.41, 5.74) is 3.46. The lowest BCUT2D eigenvalue weighted by molar-refractivity contribution is 0.0729. The van der Waals surface area contributed by atoms with Crippen molar-refractivity contribution in [3.63, 3.8) is 0 Å². The summed E-state index contributed by atoms with van der Waals surface area (Å²) < 4.78 is 14.1. The van der Waals surface area contributed by atoms with Crippen molar-refractivity contribution in [3.8, 4) is 11.3 Å². The largest absolute Gasteiger partial charge is 0.357 e. The van der Waals surface area contributed by atoms with Gasteiger partial charge in [-0.2, -0.15) is 5.10 Å². The Balaban J connectivity index is 1.68. The normalized spacial score (nSPS) is 13.9. The second-order valence-electron chi connectivity index (χ2n) is 5.57. The lowest BCUT2D eigenvalue weighted by Gasteiger charge is -2.26. The van der Waals surface area contributed by atoms with Gasteiger partial charge in [0.25, 0.3) is 5.91 Å². The van der Waals surface area contributed by atoms with Crippen LogP contribution < -0.4 is 0 Å². The number of amides is 1. The van der Waals surface area contributed by atoms with Gasteiger partial charge in [0.2, 0.25) is 0 Å². The summed E-state index contributed by atoms with van der Waals surface area (Å²) in [4.78, 5) is 17.2. The van der Waals surface area contributed by atoms with Crippen LogP contribution in [0.3, 0.4) is 0 Å². The first-order chi connectivity index (χ1) is 11.2. The summed E-state index contributed by atoms with van der Waals surface area (Å²) in [7, 11) is 0. The Labute approximate surface area is 132 Å². The van der Waals surface area contributed by atoms with Crippen molar-refractivity contribution in [2.45, 2.75) is 13.0 Å². The van der Waals surface area contributed by atoms with Crippen LogP contribution in [-0.2, 0) is 13.0 Å². The lowest BCUT2D eigenvalue weighted by atomic mass is 10.0. The predicted octanol–water partition coefficient (Wildman–Crippen LogP) is 2.74. The van der Waals surface area contributed by atoms with E-state index in [2.05, 4.69) is 15.2 Å². The fraction of sp³-hybridized carbons (Fsp3) is 0.176. The summed E-state index contributed by atoms with van der Waals surface area (Å²) in [5.74, 6) is -0.365. The molecular weight excluding hydrogens is 295 g/mol. The van der Waals surface area contributed by atoms with E-state index >= 15 is 0 Å². The number of aromatic amines is 2. The molecule has 0 spiro atoms. The van der Waals surface area contributed by atoms with Crippen molar-refractivity contribution in [1.82, 2.24) is 20.1 Å². The molecule has 1 aliphatic rings. The molecule has 4 rings (SSSR count). The fourth-order valence-corrected chi connectivity index (χ4v) is 2.98. The van der Waals surface area contributed by atoms with Crippen LogP contribution in [0.4, 0.5) is 4.39 Å². The number of aromatic nitrogens is 3. The number of carbonyl (C=O) groups excluding carboxylic acids is 1. The Kier molecular flexibility index (Phi) is 3.22. The van der Waals surface area contributed by atoms with E-state index in [-0.39, 0.29) is 11.7 Å². The van der Waals surface area contributed by atoms with E-state index in [0.29, 0.717) is 36.5 Å². The molecule has 116 valence electrons. The van der Waals surface area contributed by atoms with Gasteiger partial charge in [0, 0.05) is 36.0 Å². The van der Waals surface area contributed by atoms with Crippen LogP contribution in [0, 0.1) is 5.82 Å². The Bertz CT molecular complexity index is 853. The third-order valence-corrected chi connectivity index (χ3v) is 4.18. The van der Waals surface area contributed by atoms with Gasteiger partial charge in [0.05, 0.1) is 6.54 Å². The second kappa shape index (κ2) is 5.39. The number of hydrogen-bond acceptors (Lipinski definition) is 2. The number of benzene rings is 1.